The van der Waals surface area contributed by atoms with Gasteiger partial charge in [-0.25, -0.2) is 8.42 Å². The number of ether oxygens (including phenoxy) is 2. The van der Waals surface area contributed by atoms with Gasteiger partial charge in [-0.1, -0.05) is 6.92 Å². The lowest BCUT2D eigenvalue weighted by molar-refractivity contribution is -0.117. The number of hydrogen-bond donors (Lipinski definition) is 1. The third-order valence-electron chi connectivity index (χ3n) is 4.01. The second-order valence-corrected chi connectivity index (χ2v) is 7.76. The molecule has 0 aromatic heterocycles. The van der Waals surface area contributed by atoms with E-state index in [-0.39, 0.29) is 0 Å². The number of carbonyl (C=O) groups excluding carboxylic acids is 1. The fraction of sp³-hybridized carbons (Fsp3) is 0.316. The van der Waals surface area contributed by atoms with E-state index in [1.54, 1.807) is 62.6 Å². The van der Waals surface area contributed by atoms with Crippen LogP contribution in [0.15, 0.2) is 48.5 Å². The predicted octanol–water partition coefficient (Wildman–Crippen LogP) is 2.89. The Hall–Kier alpha value is -2.74. The number of nitrogens with zero attached hydrogens (tertiary/aromatic N) is 1. The van der Waals surface area contributed by atoms with Gasteiger partial charge in [0.2, 0.25) is 15.9 Å². The van der Waals surface area contributed by atoms with Gasteiger partial charge in [0.15, 0.2) is 0 Å². The van der Waals surface area contributed by atoms with Crippen LogP contribution in [0.5, 0.6) is 11.5 Å². The molecular formula is C19H24N2O5S. The molecule has 2 aromatic rings. The average molecular weight is 392 g/mol. The molecule has 1 atom stereocenters. The number of hydrogen-bond acceptors (Lipinski definition) is 5. The number of methoxy groups -OCH3 is 2. The number of carbonyl (C=O) groups is 1. The molecule has 0 saturated carbocycles. The van der Waals surface area contributed by atoms with Gasteiger partial charge in [-0.2, -0.15) is 0 Å². The summed E-state index contributed by atoms with van der Waals surface area (Å²) < 4.78 is 36.2. The van der Waals surface area contributed by atoms with Gasteiger partial charge in [0.1, 0.15) is 17.5 Å². The van der Waals surface area contributed by atoms with Gasteiger partial charge in [-0.3, -0.25) is 9.10 Å². The summed E-state index contributed by atoms with van der Waals surface area (Å²) in [6, 6.07) is 12.5. The van der Waals surface area contributed by atoms with Crippen molar-refractivity contribution in [2.24, 2.45) is 0 Å². The molecule has 0 radical (unpaired) electrons. The number of anilines is 2. The summed E-state index contributed by atoms with van der Waals surface area (Å²) in [7, 11) is -0.602. The Morgan fingerprint density at radius 2 is 1.48 bits per heavy atom. The molecule has 7 nitrogen and oxygen atoms in total. The van der Waals surface area contributed by atoms with Crippen LogP contribution in [0.25, 0.3) is 0 Å². The van der Waals surface area contributed by atoms with E-state index in [9.17, 15) is 13.2 Å². The molecule has 1 N–H and O–H groups in total. The van der Waals surface area contributed by atoms with Gasteiger partial charge in [0.05, 0.1) is 26.2 Å². The minimum Gasteiger partial charge on any atom is -0.497 e. The van der Waals surface area contributed by atoms with Crippen molar-refractivity contribution < 1.29 is 22.7 Å². The van der Waals surface area contributed by atoms with Crippen LogP contribution in [0.4, 0.5) is 11.4 Å². The second kappa shape index (κ2) is 8.77. The van der Waals surface area contributed by atoms with Crippen LogP contribution < -0.4 is 19.1 Å². The number of amides is 1. The molecule has 0 spiro atoms. The fourth-order valence-electron chi connectivity index (χ4n) is 2.69. The van der Waals surface area contributed by atoms with Gasteiger partial charge in [-0.05, 0) is 55.0 Å². The Labute approximate surface area is 160 Å². The molecule has 0 fully saturated rings. The summed E-state index contributed by atoms with van der Waals surface area (Å²) in [6.45, 7) is 1.76. The van der Waals surface area contributed by atoms with Crippen molar-refractivity contribution in [1.82, 2.24) is 0 Å². The van der Waals surface area contributed by atoms with E-state index in [0.717, 1.165) is 10.6 Å². The Morgan fingerprint density at radius 1 is 1.00 bits per heavy atom. The molecule has 0 aliphatic carbocycles. The van der Waals surface area contributed by atoms with Crippen LogP contribution in [0.3, 0.4) is 0 Å². The van der Waals surface area contributed by atoms with E-state index in [2.05, 4.69) is 5.32 Å². The maximum absolute atomic E-state index is 12.8. The SMILES string of the molecule is CCC(C(=O)Nc1ccc(OC)cc1)N(c1ccc(OC)cc1)S(C)(=O)=O. The van der Waals surface area contributed by atoms with Crippen molar-refractivity contribution in [3.8, 4) is 11.5 Å². The van der Waals surface area contributed by atoms with Crippen molar-refractivity contribution in [2.45, 2.75) is 19.4 Å². The second-order valence-electron chi connectivity index (χ2n) is 5.90. The van der Waals surface area contributed by atoms with E-state index >= 15 is 0 Å². The van der Waals surface area contributed by atoms with E-state index in [1.807, 2.05) is 0 Å². The number of nitrogens with one attached hydrogen (secondary N) is 1. The van der Waals surface area contributed by atoms with Gasteiger partial charge in [0.25, 0.3) is 0 Å². The normalized spacial score (nSPS) is 12.1. The highest BCUT2D eigenvalue weighted by Gasteiger charge is 2.31. The number of benzene rings is 2. The molecular weight excluding hydrogens is 368 g/mol. The summed E-state index contributed by atoms with van der Waals surface area (Å²) in [5.41, 5.74) is 0.956. The summed E-state index contributed by atoms with van der Waals surface area (Å²) in [6.07, 6.45) is 1.39. The van der Waals surface area contributed by atoms with Crippen molar-refractivity contribution in [1.29, 1.82) is 0 Å². The molecule has 0 bridgehead atoms. The molecule has 0 aliphatic rings. The van der Waals surface area contributed by atoms with Gasteiger partial charge in [0, 0.05) is 5.69 Å². The zero-order valence-electron chi connectivity index (χ0n) is 15.8. The summed E-state index contributed by atoms with van der Waals surface area (Å²) >= 11 is 0. The van der Waals surface area contributed by atoms with Crippen molar-refractivity contribution in [3.63, 3.8) is 0 Å². The molecule has 0 heterocycles. The summed E-state index contributed by atoms with van der Waals surface area (Å²) in [5, 5.41) is 2.76. The van der Waals surface area contributed by atoms with Crippen molar-refractivity contribution >= 4 is 27.3 Å². The lowest BCUT2D eigenvalue weighted by Gasteiger charge is -2.30. The quantitative estimate of drug-likeness (QED) is 0.747. The van der Waals surface area contributed by atoms with Crippen LogP contribution in [0.2, 0.25) is 0 Å². The fourth-order valence-corrected chi connectivity index (χ4v) is 3.90. The smallest absolute Gasteiger partial charge is 0.248 e. The molecule has 146 valence electrons. The lowest BCUT2D eigenvalue weighted by Crippen LogP contribution is -2.46. The van der Waals surface area contributed by atoms with Crippen molar-refractivity contribution in [3.05, 3.63) is 48.5 Å². The molecule has 0 saturated heterocycles. The minimum absolute atomic E-state index is 0.307. The van der Waals surface area contributed by atoms with Crippen LogP contribution in [-0.4, -0.2) is 40.8 Å². The van der Waals surface area contributed by atoms with E-state index in [1.165, 1.54) is 7.11 Å². The monoisotopic (exact) mass is 392 g/mol. The number of rotatable bonds is 8. The first-order chi connectivity index (χ1) is 12.8. The zero-order valence-corrected chi connectivity index (χ0v) is 16.6. The largest absolute Gasteiger partial charge is 0.497 e. The highest BCUT2D eigenvalue weighted by molar-refractivity contribution is 7.92. The molecule has 0 aliphatic heterocycles. The predicted molar refractivity (Wildman–Crippen MR) is 106 cm³/mol. The van der Waals surface area contributed by atoms with Crippen LogP contribution in [-0.2, 0) is 14.8 Å². The maximum atomic E-state index is 12.8. The number of sulfonamides is 1. The van der Waals surface area contributed by atoms with Gasteiger partial charge in [-0.15, -0.1) is 0 Å². The standard InChI is InChI=1S/C19H24N2O5S/c1-5-18(19(22)20-14-6-10-16(25-2)11-7-14)21(27(4,23)24)15-8-12-17(26-3)13-9-15/h6-13,18H,5H2,1-4H3,(H,20,22). The first kappa shape index (κ1) is 20.6. The Balaban J connectivity index is 2.31. The van der Waals surface area contributed by atoms with Crippen LogP contribution in [0, 0.1) is 0 Å². The van der Waals surface area contributed by atoms with E-state index in [4.69, 9.17) is 9.47 Å². The highest BCUT2D eigenvalue weighted by atomic mass is 32.2. The van der Waals surface area contributed by atoms with Gasteiger partial charge < -0.3 is 14.8 Å². The lowest BCUT2D eigenvalue weighted by atomic mass is 10.1. The summed E-state index contributed by atoms with van der Waals surface area (Å²) in [4.78, 5) is 12.8. The van der Waals surface area contributed by atoms with Crippen molar-refractivity contribution in [2.75, 3.05) is 30.1 Å². The van der Waals surface area contributed by atoms with Crippen LogP contribution >= 0.6 is 0 Å². The Morgan fingerprint density at radius 3 is 1.89 bits per heavy atom. The maximum Gasteiger partial charge on any atom is 0.248 e. The van der Waals surface area contributed by atoms with Gasteiger partial charge >= 0.3 is 0 Å². The summed E-state index contributed by atoms with van der Waals surface area (Å²) in [5.74, 6) is 0.850. The van der Waals surface area contributed by atoms with E-state index in [0.29, 0.717) is 29.3 Å². The van der Waals surface area contributed by atoms with E-state index < -0.39 is 22.0 Å². The molecule has 2 rings (SSSR count). The van der Waals surface area contributed by atoms with Crippen LogP contribution in [0.1, 0.15) is 13.3 Å². The Bertz CT molecular complexity index is 864. The zero-order chi connectivity index (χ0) is 20.0. The molecule has 1 unspecified atom stereocenters. The molecule has 27 heavy (non-hydrogen) atoms. The average Bonchev–Trinajstić information content (AvgIpc) is 2.65. The Kier molecular flexibility index (Phi) is 6.68. The molecule has 2 aromatic carbocycles. The minimum atomic E-state index is -3.69. The molecule has 1 amide bonds. The molecule has 8 heteroatoms. The third-order valence-corrected chi connectivity index (χ3v) is 5.19. The topological polar surface area (TPSA) is 84.9 Å². The first-order valence-electron chi connectivity index (χ1n) is 8.38. The highest BCUT2D eigenvalue weighted by Crippen LogP contribution is 2.26. The third kappa shape index (κ3) is 5.13. The first-order valence-corrected chi connectivity index (χ1v) is 10.2.